The number of nitrogens with one attached hydrogen (secondary N) is 3. The predicted molar refractivity (Wildman–Crippen MR) is 124 cm³/mol. The summed E-state index contributed by atoms with van der Waals surface area (Å²) in [5.41, 5.74) is 5.00. The highest BCUT2D eigenvalue weighted by molar-refractivity contribution is 5.97. The lowest BCUT2D eigenvalue weighted by atomic mass is 10.1. The normalized spacial score (nSPS) is 14.4. The van der Waals surface area contributed by atoms with Gasteiger partial charge in [0.2, 0.25) is 0 Å². The average molecular weight is 418 g/mol. The first-order valence-corrected chi connectivity index (χ1v) is 10.6. The molecule has 2 heterocycles. The lowest BCUT2D eigenvalue weighted by molar-refractivity contribution is 0.0967. The molecule has 0 aliphatic heterocycles. The van der Waals surface area contributed by atoms with Crippen LogP contribution in [0.5, 0.6) is 0 Å². The van der Waals surface area contributed by atoms with E-state index in [1.807, 2.05) is 57.2 Å². The smallest absolute Gasteiger partial charge is 0.327 e. The fourth-order valence-electron chi connectivity index (χ4n) is 3.67. The van der Waals surface area contributed by atoms with Crippen LogP contribution in [0, 0.1) is 6.92 Å². The summed E-state index contributed by atoms with van der Waals surface area (Å²) < 4.78 is 1.68. The van der Waals surface area contributed by atoms with E-state index in [0.29, 0.717) is 16.7 Å². The van der Waals surface area contributed by atoms with Crippen LogP contribution in [-0.4, -0.2) is 20.4 Å². The van der Waals surface area contributed by atoms with Crippen molar-refractivity contribution in [2.45, 2.75) is 46.1 Å². The number of imidazole rings is 1. The van der Waals surface area contributed by atoms with Crippen molar-refractivity contribution < 1.29 is 4.79 Å². The summed E-state index contributed by atoms with van der Waals surface area (Å²) in [5, 5.41) is 6.33. The molecule has 4 rings (SSSR count). The van der Waals surface area contributed by atoms with Gasteiger partial charge in [0, 0.05) is 29.2 Å². The number of H-pyrrole nitrogens is 1. The number of nitrogens with zero attached hydrogens (tertiary/aromatic N) is 2. The summed E-state index contributed by atoms with van der Waals surface area (Å²) >= 11 is 0. The van der Waals surface area contributed by atoms with Gasteiger partial charge in [0.05, 0.1) is 5.69 Å². The molecule has 0 saturated carbocycles. The minimum atomic E-state index is -0.176. The van der Waals surface area contributed by atoms with Crippen LogP contribution < -0.4 is 16.3 Å². The monoisotopic (exact) mass is 417 g/mol. The third-order valence-corrected chi connectivity index (χ3v) is 5.66. The maximum absolute atomic E-state index is 12.7. The zero-order valence-corrected chi connectivity index (χ0v) is 18.0. The summed E-state index contributed by atoms with van der Waals surface area (Å²) in [4.78, 5) is 32.6. The molecule has 1 aliphatic rings. The molecule has 3 N–H and O–H groups in total. The first kappa shape index (κ1) is 20.7. The Hall–Kier alpha value is -3.61. The molecule has 0 fully saturated rings. The SMILES string of the molecule is CCC(C)n1c(=O)[nH]c2c(Nc3cc(C(=O)NC4=CCCC=C4)ccc3C)ccnc21. The molecule has 0 saturated heterocycles. The van der Waals surface area contributed by atoms with Gasteiger partial charge in [0.15, 0.2) is 5.65 Å². The summed E-state index contributed by atoms with van der Waals surface area (Å²) in [5.74, 6) is -0.156. The van der Waals surface area contributed by atoms with Gasteiger partial charge < -0.3 is 15.6 Å². The number of aromatic amines is 1. The van der Waals surface area contributed by atoms with Gasteiger partial charge in [-0.15, -0.1) is 0 Å². The number of fused-ring (bicyclic) bond motifs is 1. The van der Waals surface area contributed by atoms with Gasteiger partial charge in [-0.3, -0.25) is 9.36 Å². The van der Waals surface area contributed by atoms with Gasteiger partial charge in [-0.05, 0) is 62.9 Å². The largest absolute Gasteiger partial charge is 0.353 e. The Kier molecular flexibility index (Phi) is 5.75. The van der Waals surface area contributed by atoms with Gasteiger partial charge in [-0.2, -0.15) is 0 Å². The van der Waals surface area contributed by atoms with E-state index in [1.54, 1.807) is 10.8 Å². The molecule has 1 aliphatic carbocycles. The molecule has 160 valence electrons. The number of hydrogen-bond acceptors (Lipinski definition) is 4. The van der Waals surface area contributed by atoms with Crippen molar-refractivity contribution in [3.63, 3.8) is 0 Å². The number of aryl methyl sites for hydroxylation is 1. The summed E-state index contributed by atoms with van der Waals surface area (Å²) in [6.45, 7) is 6.01. The maximum atomic E-state index is 12.7. The second-order valence-electron chi connectivity index (χ2n) is 7.86. The molecule has 0 radical (unpaired) electrons. The molecule has 1 aromatic carbocycles. The van der Waals surface area contributed by atoms with E-state index in [2.05, 4.69) is 26.7 Å². The number of rotatable bonds is 6. The molecule has 31 heavy (non-hydrogen) atoms. The number of hydrogen-bond donors (Lipinski definition) is 3. The van der Waals surface area contributed by atoms with Crippen LogP contribution in [0.2, 0.25) is 0 Å². The zero-order chi connectivity index (χ0) is 22.0. The van der Waals surface area contributed by atoms with E-state index in [9.17, 15) is 9.59 Å². The standard InChI is InChI=1S/C24H27N5O2/c1-4-16(3)29-22-21(28-24(29)31)19(12-13-25-22)27-20-14-17(11-10-15(20)2)23(30)26-18-8-6-5-7-9-18/h6,8-14,16H,4-5,7H2,1-3H3,(H,25,27)(H,26,30)(H,28,31). The predicted octanol–water partition coefficient (Wildman–Crippen LogP) is 4.71. The molecular weight excluding hydrogens is 390 g/mol. The average Bonchev–Trinajstić information content (AvgIpc) is 3.12. The Bertz CT molecular complexity index is 1250. The van der Waals surface area contributed by atoms with Gasteiger partial charge >= 0.3 is 5.69 Å². The first-order chi connectivity index (χ1) is 15.0. The second-order valence-corrected chi connectivity index (χ2v) is 7.86. The molecule has 2 aromatic heterocycles. The number of amides is 1. The molecule has 0 bridgehead atoms. The highest BCUT2D eigenvalue weighted by Gasteiger charge is 2.16. The number of anilines is 2. The Morgan fingerprint density at radius 2 is 2.10 bits per heavy atom. The van der Waals surface area contributed by atoms with Crippen LogP contribution in [0.4, 0.5) is 11.4 Å². The molecule has 7 heteroatoms. The van der Waals surface area contributed by atoms with E-state index in [4.69, 9.17) is 0 Å². The van der Waals surface area contributed by atoms with E-state index in [0.717, 1.165) is 41.9 Å². The van der Waals surface area contributed by atoms with Crippen molar-refractivity contribution >= 4 is 28.4 Å². The second kappa shape index (κ2) is 8.63. The molecular formula is C24H27N5O2. The number of aromatic nitrogens is 3. The molecule has 0 spiro atoms. The van der Waals surface area contributed by atoms with E-state index in [1.165, 1.54) is 0 Å². The van der Waals surface area contributed by atoms with Crippen LogP contribution >= 0.6 is 0 Å². The lowest BCUT2D eigenvalue weighted by Crippen LogP contribution is -2.22. The van der Waals surface area contributed by atoms with E-state index < -0.39 is 0 Å². The van der Waals surface area contributed by atoms with E-state index >= 15 is 0 Å². The van der Waals surface area contributed by atoms with Crippen molar-refractivity contribution in [3.05, 3.63) is 76.0 Å². The number of carbonyl (C=O) groups excluding carboxylic acids is 1. The number of carbonyl (C=O) groups is 1. The van der Waals surface area contributed by atoms with Crippen molar-refractivity contribution in [1.82, 2.24) is 19.9 Å². The third kappa shape index (κ3) is 4.17. The molecule has 3 aromatic rings. The van der Waals surface area contributed by atoms with Crippen LogP contribution in [0.25, 0.3) is 11.2 Å². The maximum Gasteiger partial charge on any atom is 0.327 e. The topological polar surface area (TPSA) is 91.8 Å². The fraction of sp³-hybridized carbons (Fsp3) is 0.292. The molecule has 1 unspecified atom stereocenters. The van der Waals surface area contributed by atoms with Gasteiger partial charge in [-0.1, -0.05) is 25.1 Å². The van der Waals surface area contributed by atoms with Crippen molar-refractivity contribution in [3.8, 4) is 0 Å². The number of pyridine rings is 1. The first-order valence-electron chi connectivity index (χ1n) is 10.6. The highest BCUT2D eigenvalue weighted by atomic mass is 16.2. The summed E-state index contributed by atoms with van der Waals surface area (Å²) in [6, 6.07) is 7.41. The Morgan fingerprint density at radius 3 is 2.84 bits per heavy atom. The number of benzene rings is 1. The van der Waals surface area contributed by atoms with Gasteiger partial charge in [0.25, 0.3) is 5.91 Å². The molecule has 1 amide bonds. The number of allylic oxidation sites excluding steroid dienone is 3. The molecule has 1 atom stereocenters. The van der Waals surface area contributed by atoms with Crippen LogP contribution in [-0.2, 0) is 0 Å². The Balaban J connectivity index is 1.65. The van der Waals surface area contributed by atoms with Crippen LogP contribution in [0.1, 0.15) is 55.1 Å². The Labute approximate surface area is 180 Å². The quantitative estimate of drug-likeness (QED) is 0.542. The minimum absolute atomic E-state index is 0.0425. The zero-order valence-electron chi connectivity index (χ0n) is 18.0. The van der Waals surface area contributed by atoms with Crippen LogP contribution in [0.3, 0.4) is 0 Å². The summed E-state index contributed by atoms with van der Waals surface area (Å²) in [7, 11) is 0. The van der Waals surface area contributed by atoms with Crippen molar-refractivity contribution in [2.75, 3.05) is 5.32 Å². The lowest BCUT2D eigenvalue weighted by Gasteiger charge is -2.14. The molecule has 7 nitrogen and oxygen atoms in total. The highest BCUT2D eigenvalue weighted by Crippen LogP contribution is 2.27. The third-order valence-electron chi connectivity index (χ3n) is 5.66. The van der Waals surface area contributed by atoms with E-state index in [-0.39, 0.29) is 17.6 Å². The summed E-state index contributed by atoms with van der Waals surface area (Å²) in [6.07, 6.45) is 10.5. The van der Waals surface area contributed by atoms with Crippen molar-refractivity contribution in [2.24, 2.45) is 0 Å². The minimum Gasteiger partial charge on any atom is -0.353 e. The Morgan fingerprint density at radius 1 is 1.26 bits per heavy atom. The fourth-order valence-corrected chi connectivity index (χ4v) is 3.67. The van der Waals surface area contributed by atoms with Crippen LogP contribution in [0.15, 0.2) is 59.2 Å². The van der Waals surface area contributed by atoms with Gasteiger partial charge in [-0.25, -0.2) is 9.78 Å². The van der Waals surface area contributed by atoms with Gasteiger partial charge in [0.1, 0.15) is 5.52 Å². The van der Waals surface area contributed by atoms with Crippen molar-refractivity contribution in [1.29, 1.82) is 0 Å².